The highest BCUT2D eigenvalue weighted by Gasteiger charge is 2.29. The SMILES string of the molecule is CCNC(C)(Cc1ccc(F)cc1)c1nc(C)c(C)s1. The first-order valence-corrected chi connectivity index (χ1v) is 7.70. The van der Waals surface area contributed by atoms with E-state index in [0.29, 0.717) is 0 Å². The molecule has 0 spiro atoms. The number of likely N-dealkylation sites (N-methyl/N-ethyl adjacent to an activating group) is 1. The number of nitrogens with zero attached hydrogens (tertiary/aromatic N) is 1. The summed E-state index contributed by atoms with van der Waals surface area (Å²) < 4.78 is 13.0. The van der Waals surface area contributed by atoms with E-state index < -0.39 is 0 Å². The van der Waals surface area contributed by atoms with E-state index in [1.165, 1.54) is 17.0 Å². The minimum Gasteiger partial charge on any atom is -0.306 e. The second kappa shape index (κ2) is 6.02. The van der Waals surface area contributed by atoms with Crippen molar-refractivity contribution in [3.05, 3.63) is 51.2 Å². The molecule has 2 aromatic rings. The van der Waals surface area contributed by atoms with E-state index in [9.17, 15) is 4.39 Å². The largest absolute Gasteiger partial charge is 0.306 e. The van der Waals surface area contributed by atoms with Crippen LogP contribution in [0.1, 0.15) is 35.0 Å². The van der Waals surface area contributed by atoms with E-state index in [1.807, 2.05) is 19.1 Å². The van der Waals surface area contributed by atoms with E-state index >= 15 is 0 Å². The van der Waals surface area contributed by atoms with Crippen molar-refractivity contribution in [2.45, 2.75) is 39.7 Å². The Morgan fingerprint density at radius 2 is 1.90 bits per heavy atom. The van der Waals surface area contributed by atoms with Crippen LogP contribution in [0, 0.1) is 19.7 Å². The molecule has 0 aliphatic carbocycles. The molecular weight excluding hydrogens is 271 g/mol. The Kier molecular flexibility index (Phi) is 4.55. The monoisotopic (exact) mass is 292 g/mol. The topological polar surface area (TPSA) is 24.9 Å². The minimum atomic E-state index is -0.212. The predicted molar refractivity (Wildman–Crippen MR) is 82.7 cm³/mol. The lowest BCUT2D eigenvalue weighted by Gasteiger charge is -2.28. The smallest absolute Gasteiger partial charge is 0.123 e. The van der Waals surface area contributed by atoms with Gasteiger partial charge in [-0.2, -0.15) is 0 Å². The molecule has 0 aliphatic rings. The zero-order valence-electron chi connectivity index (χ0n) is 12.5. The summed E-state index contributed by atoms with van der Waals surface area (Å²) >= 11 is 1.74. The summed E-state index contributed by atoms with van der Waals surface area (Å²) in [5, 5.41) is 4.63. The fourth-order valence-corrected chi connectivity index (χ4v) is 3.36. The molecule has 1 heterocycles. The number of aromatic nitrogens is 1. The van der Waals surface area contributed by atoms with Crippen LogP contribution < -0.4 is 5.32 Å². The molecule has 1 atom stereocenters. The maximum absolute atomic E-state index is 13.0. The van der Waals surface area contributed by atoms with E-state index in [1.54, 1.807) is 11.3 Å². The van der Waals surface area contributed by atoms with Gasteiger partial charge in [0.05, 0.1) is 11.2 Å². The average Bonchev–Trinajstić information content (AvgIpc) is 2.74. The standard InChI is InChI=1S/C16H21FN2S/c1-5-18-16(4,15-19-11(2)12(3)20-15)10-13-6-8-14(17)9-7-13/h6-9,18H,5,10H2,1-4H3. The molecule has 2 rings (SSSR count). The molecule has 0 fully saturated rings. The second-order valence-electron chi connectivity index (χ2n) is 5.33. The average molecular weight is 292 g/mol. The maximum atomic E-state index is 13.0. The Balaban J connectivity index is 2.31. The van der Waals surface area contributed by atoms with Gasteiger partial charge in [0.15, 0.2) is 0 Å². The van der Waals surface area contributed by atoms with Crippen molar-refractivity contribution in [1.29, 1.82) is 0 Å². The summed E-state index contributed by atoms with van der Waals surface area (Å²) in [5.41, 5.74) is 1.99. The molecule has 0 aliphatic heterocycles. The lowest BCUT2D eigenvalue weighted by atomic mass is 9.93. The first-order valence-electron chi connectivity index (χ1n) is 6.88. The first-order chi connectivity index (χ1) is 9.44. The van der Waals surface area contributed by atoms with Gasteiger partial charge < -0.3 is 5.32 Å². The normalized spacial score (nSPS) is 14.2. The van der Waals surface area contributed by atoms with Crippen molar-refractivity contribution in [1.82, 2.24) is 10.3 Å². The van der Waals surface area contributed by atoms with Crippen molar-refractivity contribution in [2.24, 2.45) is 0 Å². The Bertz CT molecular complexity index is 557. The number of rotatable bonds is 5. The molecule has 108 valence electrons. The number of hydrogen-bond donors (Lipinski definition) is 1. The lowest BCUT2D eigenvalue weighted by Crippen LogP contribution is -2.41. The molecule has 0 amide bonds. The highest BCUT2D eigenvalue weighted by atomic mass is 32.1. The quantitative estimate of drug-likeness (QED) is 0.902. The number of benzene rings is 1. The number of halogens is 1. The van der Waals surface area contributed by atoms with E-state index in [-0.39, 0.29) is 11.4 Å². The number of thiazole rings is 1. The van der Waals surface area contributed by atoms with E-state index in [2.05, 4.69) is 26.1 Å². The van der Waals surface area contributed by atoms with Crippen LogP contribution in [0.5, 0.6) is 0 Å². The Morgan fingerprint density at radius 1 is 1.25 bits per heavy atom. The van der Waals surface area contributed by atoms with Gasteiger partial charge in [-0.25, -0.2) is 9.37 Å². The number of aryl methyl sites for hydroxylation is 2. The number of hydrogen-bond acceptors (Lipinski definition) is 3. The zero-order valence-corrected chi connectivity index (χ0v) is 13.3. The van der Waals surface area contributed by atoms with Gasteiger partial charge in [-0.3, -0.25) is 0 Å². The van der Waals surface area contributed by atoms with Crippen molar-refractivity contribution in [2.75, 3.05) is 6.54 Å². The number of nitrogens with one attached hydrogen (secondary N) is 1. The molecule has 0 saturated heterocycles. The molecule has 2 nitrogen and oxygen atoms in total. The molecule has 20 heavy (non-hydrogen) atoms. The Hall–Kier alpha value is -1.26. The fraction of sp³-hybridized carbons (Fsp3) is 0.438. The highest BCUT2D eigenvalue weighted by molar-refractivity contribution is 7.11. The van der Waals surface area contributed by atoms with Gasteiger partial charge in [-0.1, -0.05) is 19.1 Å². The van der Waals surface area contributed by atoms with Crippen LogP contribution in [-0.4, -0.2) is 11.5 Å². The van der Waals surface area contributed by atoms with Crippen LogP contribution >= 0.6 is 11.3 Å². The van der Waals surface area contributed by atoms with Gasteiger partial charge >= 0.3 is 0 Å². The van der Waals surface area contributed by atoms with Crippen LogP contribution in [-0.2, 0) is 12.0 Å². The molecular formula is C16H21FN2S. The Morgan fingerprint density at radius 3 is 2.40 bits per heavy atom. The first kappa shape index (κ1) is 15.1. The molecule has 4 heteroatoms. The van der Waals surface area contributed by atoms with Crippen LogP contribution in [0.3, 0.4) is 0 Å². The second-order valence-corrected chi connectivity index (χ2v) is 6.53. The third-order valence-electron chi connectivity index (χ3n) is 3.54. The van der Waals surface area contributed by atoms with Crippen molar-refractivity contribution >= 4 is 11.3 Å². The fourth-order valence-electron chi connectivity index (χ4n) is 2.32. The predicted octanol–water partition coefficient (Wildman–Crippen LogP) is 3.97. The van der Waals surface area contributed by atoms with Gasteiger partial charge in [0.2, 0.25) is 0 Å². The summed E-state index contributed by atoms with van der Waals surface area (Å²) in [6.07, 6.45) is 0.799. The van der Waals surface area contributed by atoms with Crippen molar-refractivity contribution in [3.8, 4) is 0 Å². The van der Waals surface area contributed by atoms with Crippen LogP contribution in [0.25, 0.3) is 0 Å². The third-order valence-corrected chi connectivity index (χ3v) is 4.88. The summed E-state index contributed by atoms with van der Waals surface area (Å²) in [5.74, 6) is -0.195. The van der Waals surface area contributed by atoms with Gasteiger partial charge in [-0.15, -0.1) is 11.3 Å². The zero-order chi connectivity index (χ0) is 14.8. The summed E-state index contributed by atoms with van der Waals surface area (Å²) in [6, 6.07) is 6.72. The lowest BCUT2D eigenvalue weighted by molar-refractivity contribution is 0.371. The van der Waals surface area contributed by atoms with Crippen LogP contribution in [0.15, 0.2) is 24.3 Å². The molecule has 1 aromatic carbocycles. The molecule has 0 bridgehead atoms. The van der Waals surface area contributed by atoms with E-state index in [4.69, 9.17) is 4.98 Å². The van der Waals surface area contributed by atoms with E-state index in [0.717, 1.165) is 29.2 Å². The maximum Gasteiger partial charge on any atom is 0.123 e. The highest BCUT2D eigenvalue weighted by Crippen LogP contribution is 2.30. The summed E-state index contributed by atoms with van der Waals surface area (Å²) in [6.45, 7) is 9.27. The van der Waals surface area contributed by atoms with Gasteiger partial charge in [0.1, 0.15) is 10.8 Å². The van der Waals surface area contributed by atoms with Crippen LogP contribution in [0.2, 0.25) is 0 Å². The molecule has 1 aromatic heterocycles. The minimum absolute atomic E-state index is 0.195. The van der Waals surface area contributed by atoms with Crippen molar-refractivity contribution < 1.29 is 4.39 Å². The van der Waals surface area contributed by atoms with Crippen LogP contribution in [0.4, 0.5) is 4.39 Å². The molecule has 0 saturated carbocycles. The van der Waals surface area contributed by atoms with Gasteiger partial charge in [-0.05, 0) is 51.4 Å². The van der Waals surface area contributed by atoms with Gasteiger partial charge in [0.25, 0.3) is 0 Å². The summed E-state index contributed by atoms with van der Waals surface area (Å²) in [4.78, 5) is 5.95. The summed E-state index contributed by atoms with van der Waals surface area (Å²) in [7, 11) is 0. The molecule has 0 radical (unpaired) electrons. The third kappa shape index (κ3) is 3.25. The molecule has 1 N–H and O–H groups in total. The van der Waals surface area contributed by atoms with Gasteiger partial charge in [0, 0.05) is 4.88 Å². The van der Waals surface area contributed by atoms with Crippen molar-refractivity contribution in [3.63, 3.8) is 0 Å². The Labute approximate surface area is 124 Å². The molecule has 1 unspecified atom stereocenters.